The van der Waals surface area contributed by atoms with Gasteiger partial charge in [0.25, 0.3) is 0 Å². The van der Waals surface area contributed by atoms with E-state index in [2.05, 4.69) is 10.4 Å². The fourth-order valence-corrected chi connectivity index (χ4v) is 4.12. The van der Waals surface area contributed by atoms with E-state index in [0.29, 0.717) is 0 Å². The summed E-state index contributed by atoms with van der Waals surface area (Å²) in [6.07, 6.45) is 1.48. The van der Waals surface area contributed by atoms with Gasteiger partial charge >= 0.3 is 0 Å². The molecule has 8 heteroatoms. The average molecular weight is 312 g/mol. The predicted molar refractivity (Wildman–Crippen MR) is 79.7 cm³/mol. The van der Waals surface area contributed by atoms with E-state index >= 15 is 0 Å². The molecule has 0 saturated heterocycles. The number of rotatable bonds is 5. The lowest BCUT2D eigenvalue weighted by Gasteiger charge is -2.24. The van der Waals surface area contributed by atoms with Crippen LogP contribution >= 0.6 is 11.3 Å². The molecule has 0 aromatic carbocycles. The van der Waals surface area contributed by atoms with Crippen LogP contribution in [0, 0.1) is 0 Å². The molecule has 3 N–H and O–H groups in total. The van der Waals surface area contributed by atoms with Crippen molar-refractivity contribution in [1.29, 1.82) is 0 Å². The van der Waals surface area contributed by atoms with Gasteiger partial charge in [0.05, 0.1) is 6.04 Å². The molecule has 20 heavy (non-hydrogen) atoms. The highest BCUT2D eigenvalue weighted by molar-refractivity contribution is 7.89. The summed E-state index contributed by atoms with van der Waals surface area (Å²) in [5, 5.41) is 1.92. The Morgan fingerprint density at radius 1 is 1.40 bits per heavy atom. The van der Waals surface area contributed by atoms with Crippen LogP contribution in [-0.2, 0) is 10.0 Å². The van der Waals surface area contributed by atoms with Gasteiger partial charge in [-0.15, -0.1) is 11.3 Å². The van der Waals surface area contributed by atoms with E-state index in [1.165, 1.54) is 27.9 Å². The zero-order chi connectivity index (χ0) is 14.8. The lowest BCUT2D eigenvalue weighted by Crippen LogP contribution is -2.30. The minimum atomic E-state index is -3.67. The molecule has 0 spiro atoms. The lowest BCUT2D eigenvalue weighted by atomic mass is 10.3. The molecule has 0 aliphatic carbocycles. The number of anilines is 1. The van der Waals surface area contributed by atoms with Crippen LogP contribution in [0.5, 0.6) is 0 Å². The standard InChI is InChI=1S/C12H16N4O2S2/c1-9(10-5-4-8-19-10)16(2)20(17,18)11-6-3-7-14-12(11)15-13/h3-9H,13H2,1-2H3,(H,14,15). The molecule has 0 saturated carbocycles. The third-order valence-corrected chi connectivity index (χ3v) is 6.07. The Labute approximate surface area is 122 Å². The van der Waals surface area contributed by atoms with Crippen LogP contribution in [-0.4, -0.2) is 24.8 Å². The molecule has 2 aromatic heterocycles. The van der Waals surface area contributed by atoms with Gasteiger partial charge in [-0.05, 0) is 30.5 Å². The van der Waals surface area contributed by atoms with Gasteiger partial charge in [-0.2, -0.15) is 4.31 Å². The molecule has 0 radical (unpaired) electrons. The number of hydrogen-bond acceptors (Lipinski definition) is 6. The number of sulfonamides is 1. The molecule has 0 fully saturated rings. The van der Waals surface area contributed by atoms with Gasteiger partial charge in [-0.1, -0.05) is 6.07 Å². The van der Waals surface area contributed by atoms with Crippen molar-refractivity contribution in [3.8, 4) is 0 Å². The van der Waals surface area contributed by atoms with Gasteiger partial charge in [0.2, 0.25) is 10.0 Å². The Bertz CT molecular complexity index is 671. The van der Waals surface area contributed by atoms with Gasteiger partial charge < -0.3 is 5.43 Å². The van der Waals surface area contributed by atoms with Crippen molar-refractivity contribution >= 4 is 27.2 Å². The molecule has 0 aliphatic heterocycles. The molecule has 2 aromatic rings. The Balaban J connectivity index is 2.39. The number of nitrogens with zero attached hydrogens (tertiary/aromatic N) is 2. The molecule has 2 rings (SSSR count). The Morgan fingerprint density at radius 2 is 2.15 bits per heavy atom. The second kappa shape index (κ2) is 5.88. The van der Waals surface area contributed by atoms with Crippen LogP contribution in [0.1, 0.15) is 17.8 Å². The van der Waals surface area contributed by atoms with Crippen molar-refractivity contribution in [1.82, 2.24) is 9.29 Å². The second-order valence-corrected chi connectivity index (χ2v) is 7.15. The summed E-state index contributed by atoms with van der Waals surface area (Å²) in [4.78, 5) is 4.97. The predicted octanol–water partition coefficient (Wildman–Crippen LogP) is 1.81. The SMILES string of the molecule is CC(c1cccs1)N(C)S(=O)(=O)c1cccnc1NN. The third-order valence-electron chi connectivity index (χ3n) is 3.06. The average Bonchev–Trinajstić information content (AvgIpc) is 2.99. The van der Waals surface area contributed by atoms with Crippen LogP contribution in [0.3, 0.4) is 0 Å². The maximum Gasteiger partial charge on any atom is 0.247 e. The molecule has 2 heterocycles. The molecular weight excluding hydrogens is 296 g/mol. The highest BCUT2D eigenvalue weighted by Gasteiger charge is 2.29. The minimum absolute atomic E-state index is 0.0633. The number of pyridine rings is 1. The van der Waals surface area contributed by atoms with E-state index < -0.39 is 10.0 Å². The minimum Gasteiger partial charge on any atom is -0.307 e. The number of aromatic nitrogens is 1. The number of nitrogens with two attached hydrogens (primary N) is 1. The summed E-state index contributed by atoms with van der Waals surface area (Å²) >= 11 is 1.52. The molecule has 1 unspecified atom stereocenters. The van der Waals surface area contributed by atoms with Crippen LogP contribution in [0.4, 0.5) is 5.82 Å². The first-order chi connectivity index (χ1) is 9.48. The van der Waals surface area contributed by atoms with E-state index in [4.69, 9.17) is 5.84 Å². The van der Waals surface area contributed by atoms with Gasteiger partial charge in [0.15, 0.2) is 5.82 Å². The first kappa shape index (κ1) is 14.9. The molecule has 108 valence electrons. The Hall–Kier alpha value is -1.48. The first-order valence-electron chi connectivity index (χ1n) is 5.91. The third kappa shape index (κ3) is 2.68. The monoisotopic (exact) mass is 312 g/mol. The van der Waals surface area contributed by atoms with Crippen molar-refractivity contribution in [2.45, 2.75) is 17.9 Å². The maximum atomic E-state index is 12.6. The van der Waals surface area contributed by atoms with E-state index in [0.717, 1.165) is 4.88 Å². The summed E-state index contributed by atoms with van der Waals surface area (Å²) in [7, 11) is -2.12. The summed E-state index contributed by atoms with van der Waals surface area (Å²) < 4.78 is 26.6. The quantitative estimate of drug-likeness (QED) is 0.649. The number of hydrazine groups is 1. The number of thiophene rings is 1. The first-order valence-corrected chi connectivity index (χ1v) is 8.23. The zero-order valence-electron chi connectivity index (χ0n) is 11.1. The van der Waals surface area contributed by atoms with E-state index in [9.17, 15) is 8.42 Å². The summed E-state index contributed by atoms with van der Waals surface area (Å²) in [5.74, 6) is 5.46. The second-order valence-electron chi connectivity index (χ2n) is 4.21. The smallest absolute Gasteiger partial charge is 0.247 e. The van der Waals surface area contributed by atoms with Gasteiger partial charge in [0, 0.05) is 18.1 Å². The topological polar surface area (TPSA) is 88.3 Å². The van der Waals surface area contributed by atoms with E-state index in [-0.39, 0.29) is 16.8 Å². The number of nitrogen functional groups attached to an aromatic ring is 1. The highest BCUT2D eigenvalue weighted by Crippen LogP contribution is 2.30. The fraction of sp³-hybridized carbons (Fsp3) is 0.250. The van der Waals surface area contributed by atoms with E-state index in [1.807, 2.05) is 24.4 Å². The fourth-order valence-electron chi connectivity index (χ4n) is 1.78. The molecule has 0 amide bonds. The lowest BCUT2D eigenvalue weighted by molar-refractivity contribution is 0.403. The summed E-state index contributed by atoms with van der Waals surface area (Å²) in [6.45, 7) is 1.84. The van der Waals surface area contributed by atoms with Crippen LogP contribution in [0.2, 0.25) is 0 Å². The van der Waals surface area contributed by atoms with Gasteiger partial charge in [-0.25, -0.2) is 19.2 Å². The van der Waals surface area contributed by atoms with Crippen molar-refractivity contribution in [3.05, 3.63) is 40.7 Å². The number of nitrogens with one attached hydrogen (secondary N) is 1. The van der Waals surface area contributed by atoms with Crippen molar-refractivity contribution in [2.75, 3.05) is 12.5 Å². The Kier molecular flexibility index (Phi) is 4.39. The van der Waals surface area contributed by atoms with Crippen molar-refractivity contribution in [3.63, 3.8) is 0 Å². The summed E-state index contributed by atoms with van der Waals surface area (Å²) in [6, 6.07) is 6.60. The molecule has 0 bridgehead atoms. The van der Waals surface area contributed by atoms with Crippen molar-refractivity contribution in [2.24, 2.45) is 5.84 Å². The number of hydrogen-bond donors (Lipinski definition) is 2. The van der Waals surface area contributed by atoms with Gasteiger partial charge in [0.1, 0.15) is 4.90 Å². The zero-order valence-corrected chi connectivity index (χ0v) is 12.8. The summed E-state index contributed by atoms with van der Waals surface area (Å²) in [5.41, 5.74) is 2.32. The van der Waals surface area contributed by atoms with Crippen LogP contribution in [0.25, 0.3) is 0 Å². The van der Waals surface area contributed by atoms with Crippen LogP contribution < -0.4 is 11.3 Å². The maximum absolute atomic E-state index is 12.6. The molecule has 1 atom stereocenters. The normalized spacial score (nSPS) is 13.4. The largest absolute Gasteiger partial charge is 0.307 e. The van der Waals surface area contributed by atoms with Crippen molar-refractivity contribution < 1.29 is 8.42 Å². The molecule has 6 nitrogen and oxygen atoms in total. The van der Waals surface area contributed by atoms with E-state index in [1.54, 1.807) is 13.1 Å². The Morgan fingerprint density at radius 3 is 2.75 bits per heavy atom. The highest BCUT2D eigenvalue weighted by atomic mass is 32.2. The van der Waals surface area contributed by atoms with Gasteiger partial charge in [-0.3, -0.25) is 0 Å². The van der Waals surface area contributed by atoms with Crippen LogP contribution in [0.15, 0.2) is 40.7 Å². The molecular formula is C12H16N4O2S2. The molecule has 0 aliphatic rings.